The topological polar surface area (TPSA) is 58.6 Å². The zero-order valence-electron chi connectivity index (χ0n) is 14.9. The van der Waals surface area contributed by atoms with Crippen molar-refractivity contribution >= 4 is 12.2 Å². The van der Waals surface area contributed by atoms with Crippen LogP contribution < -0.4 is 10.1 Å². The molecule has 2 heterocycles. The molecular weight excluding hydrogens is 328 g/mol. The lowest BCUT2D eigenvalue weighted by atomic mass is 9.47. The number of nitrogens with zero attached hydrogens (tertiary/aromatic N) is 1. The third-order valence-corrected chi connectivity index (χ3v) is 7.83. The molecule has 136 valence electrons. The van der Waals surface area contributed by atoms with Gasteiger partial charge in [0.2, 0.25) is 6.41 Å². The zero-order valence-corrected chi connectivity index (χ0v) is 14.9. The summed E-state index contributed by atoms with van der Waals surface area (Å²) in [5.74, 6) is 1.88. The second-order valence-electron chi connectivity index (χ2n) is 8.87. The van der Waals surface area contributed by atoms with Gasteiger partial charge in [-0.15, -0.1) is 0 Å². The van der Waals surface area contributed by atoms with Gasteiger partial charge >= 0.3 is 0 Å². The number of rotatable bonds is 4. The monoisotopic (exact) mass is 352 g/mol. The summed E-state index contributed by atoms with van der Waals surface area (Å²) in [6, 6.07) is 6.50. The highest BCUT2D eigenvalue weighted by Crippen LogP contribution is 2.63. The highest BCUT2D eigenvalue weighted by Gasteiger charge is 2.73. The summed E-state index contributed by atoms with van der Waals surface area (Å²) in [7, 11) is 0. The van der Waals surface area contributed by atoms with Crippen LogP contribution in [0, 0.1) is 5.92 Å². The number of ketones is 1. The van der Waals surface area contributed by atoms with Gasteiger partial charge in [0.15, 0.2) is 11.9 Å². The van der Waals surface area contributed by atoms with E-state index in [2.05, 4.69) is 16.3 Å². The summed E-state index contributed by atoms with van der Waals surface area (Å²) in [5.41, 5.74) is 1.75. The van der Waals surface area contributed by atoms with Gasteiger partial charge in [0.25, 0.3) is 0 Å². The van der Waals surface area contributed by atoms with E-state index < -0.39 is 11.5 Å². The number of amides is 1. The number of carbonyl (C=O) groups excluding carboxylic acids is 2. The third kappa shape index (κ3) is 1.62. The minimum absolute atomic E-state index is 0.201. The first-order chi connectivity index (χ1) is 12.7. The average Bonchev–Trinajstić information content (AvgIpc) is 3.38. The molecular formula is C21H24N2O3. The van der Waals surface area contributed by atoms with E-state index in [1.54, 1.807) is 0 Å². The van der Waals surface area contributed by atoms with Crippen LogP contribution in [0.5, 0.6) is 5.75 Å². The Balaban J connectivity index is 1.59. The molecule has 2 saturated carbocycles. The number of likely N-dealkylation sites (tertiary alicyclic amines) is 1. The first kappa shape index (κ1) is 15.2. The van der Waals surface area contributed by atoms with E-state index in [0.29, 0.717) is 6.42 Å². The fourth-order valence-electron chi connectivity index (χ4n) is 6.68. The minimum atomic E-state index is -0.439. The first-order valence-corrected chi connectivity index (χ1v) is 9.97. The maximum absolute atomic E-state index is 12.9. The number of Topliss-reactive ketones (excluding diaryl/α,β-unsaturated/α-hetero) is 1. The average molecular weight is 352 g/mol. The van der Waals surface area contributed by atoms with Gasteiger partial charge in [-0.25, -0.2) is 0 Å². The molecule has 5 aliphatic rings. The summed E-state index contributed by atoms with van der Waals surface area (Å²) in [6.07, 6.45) is 6.12. The van der Waals surface area contributed by atoms with Gasteiger partial charge in [0.1, 0.15) is 5.75 Å². The van der Waals surface area contributed by atoms with E-state index in [4.69, 9.17) is 4.74 Å². The highest BCUT2D eigenvalue weighted by molar-refractivity contribution is 5.90. The molecule has 26 heavy (non-hydrogen) atoms. The number of hydrogen-bond acceptors (Lipinski definition) is 4. The molecule has 1 spiro atoms. The van der Waals surface area contributed by atoms with Crippen molar-refractivity contribution in [3.05, 3.63) is 29.3 Å². The predicted octanol–water partition coefficient (Wildman–Crippen LogP) is 1.57. The second-order valence-corrected chi connectivity index (χ2v) is 8.87. The van der Waals surface area contributed by atoms with Crippen LogP contribution >= 0.6 is 0 Å². The van der Waals surface area contributed by atoms with Gasteiger partial charge in [0, 0.05) is 24.6 Å². The second kappa shape index (κ2) is 4.89. The van der Waals surface area contributed by atoms with Crippen LogP contribution in [0.15, 0.2) is 18.2 Å². The molecule has 5 nitrogen and oxygen atoms in total. The van der Waals surface area contributed by atoms with E-state index >= 15 is 0 Å². The number of ether oxygens (including phenoxy) is 1. The number of benzene rings is 1. The van der Waals surface area contributed by atoms with Gasteiger partial charge in [-0.3, -0.25) is 14.5 Å². The van der Waals surface area contributed by atoms with Crippen molar-refractivity contribution in [1.82, 2.24) is 10.2 Å². The van der Waals surface area contributed by atoms with Gasteiger partial charge in [0.05, 0.1) is 11.0 Å². The fourth-order valence-corrected chi connectivity index (χ4v) is 6.68. The summed E-state index contributed by atoms with van der Waals surface area (Å²) >= 11 is 0. The van der Waals surface area contributed by atoms with Crippen molar-refractivity contribution in [2.45, 2.75) is 61.6 Å². The molecule has 1 aromatic carbocycles. The normalized spacial score (nSPS) is 39.9. The molecule has 5 heteroatoms. The largest absolute Gasteiger partial charge is 0.481 e. The fraction of sp³-hybridized carbons (Fsp3) is 0.619. The molecule has 3 fully saturated rings. The smallest absolute Gasteiger partial charge is 0.207 e. The van der Waals surface area contributed by atoms with Crippen LogP contribution in [0.1, 0.15) is 43.2 Å². The summed E-state index contributed by atoms with van der Waals surface area (Å²) in [4.78, 5) is 27.2. The van der Waals surface area contributed by atoms with E-state index in [9.17, 15) is 9.59 Å². The Kier molecular flexibility index (Phi) is 2.86. The Hall–Kier alpha value is -1.88. The van der Waals surface area contributed by atoms with Gasteiger partial charge in [-0.05, 0) is 56.2 Å². The molecule has 1 N–H and O–H groups in total. The van der Waals surface area contributed by atoms with Gasteiger partial charge in [-0.1, -0.05) is 12.1 Å². The van der Waals surface area contributed by atoms with Crippen LogP contribution in [0.4, 0.5) is 0 Å². The quantitative estimate of drug-likeness (QED) is 0.836. The van der Waals surface area contributed by atoms with Crippen molar-refractivity contribution in [2.75, 3.05) is 13.1 Å². The maximum atomic E-state index is 12.9. The summed E-state index contributed by atoms with van der Waals surface area (Å²) in [6.45, 7) is 2.11. The molecule has 0 radical (unpaired) electrons. The third-order valence-electron chi connectivity index (χ3n) is 7.83. The molecule has 0 aromatic heterocycles. The molecule has 2 aliphatic heterocycles. The standard InChI is InChI=1S/C21H24N2O3/c24-12-22-21-7-6-15(25)19-20(21)8-9-23(11-13-4-5-13)17(21)10-14-2-1-3-16(26-19)18(14)20/h1-3,12-13,17,19H,4-11H2,(H,22,24)/t17-,19+,20+,21-/m1/s1. The highest BCUT2D eigenvalue weighted by atomic mass is 16.5. The number of hydrogen-bond donors (Lipinski definition) is 1. The number of nitrogens with one attached hydrogen (secondary N) is 1. The Bertz CT molecular complexity index is 819. The van der Waals surface area contributed by atoms with Crippen LogP contribution in [0.3, 0.4) is 0 Å². The maximum Gasteiger partial charge on any atom is 0.207 e. The van der Waals surface area contributed by atoms with E-state index in [0.717, 1.165) is 50.4 Å². The lowest BCUT2D eigenvalue weighted by Crippen LogP contribution is -2.81. The molecule has 1 aromatic rings. The van der Waals surface area contributed by atoms with E-state index in [1.165, 1.54) is 24.0 Å². The molecule has 6 rings (SSSR count). The van der Waals surface area contributed by atoms with Crippen molar-refractivity contribution in [1.29, 1.82) is 0 Å². The Morgan fingerprint density at radius 1 is 1.31 bits per heavy atom. The summed E-state index contributed by atoms with van der Waals surface area (Å²) in [5, 5.41) is 3.29. The Morgan fingerprint density at radius 3 is 3.00 bits per heavy atom. The van der Waals surface area contributed by atoms with E-state index in [1.807, 2.05) is 12.1 Å². The first-order valence-electron chi connectivity index (χ1n) is 9.97. The lowest BCUT2D eigenvalue weighted by Gasteiger charge is -2.64. The SMILES string of the molecule is O=CN[C@@]12CCC(=O)[C@@H]3Oc4cccc5c4[C@@]31CCN(CC1CC1)[C@@H]2C5. The van der Waals surface area contributed by atoms with Crippen LogP contribution in [-0.2, 0) is 21.4 Å². The molecule has 1 amide bonds. The van der Waals surface area contributed by atoms with Crippen molar-refractivity contribution < 1.29 is 14.3 Å². The predicted molar refractivity (Wildman–Crippen MR) is 95.1 cm³/mol. The molecule has 4 atom stereocenters. The molecule has 1 saturated heterocycles. The lowest BCUT2D eigenvalue weighted by molar-refractivity contribution is -0.147. The van der Waals surface area contributed by atoms with Crippen molar-refractivity contribution in [3.63, 3.8) is 0 Å². The number of carbonyl (C=O) groups is 2. The Morgan fingerprint density at radius 2 is 2.19 bits per heavy atom. The van der Waals surface area contributed by atoms with Crippen LogP contribution in [0.2, 0.25) is 0 Å². The molecule has 2 bridgehead atoms. The van der Waals surface area contributed by atoms with Gasteiger partial charge in [-0.2, -0.15) is 0 Å². The van der Waals surface area contributed by atoms with Crippen molar-refractivity contribution in [2.24, 2.45) is 5.92 Å². The van der Waals surface area contributed by atoms with Gasteiger partial charge < -0.3 is 10.1 Å². The minimum Gasteiger partial charge on any atom is -0.481 e. The van der Waals surface area contributed by atoms with Crippen LogP contribution in [-0.4, -0.2) is 47.9 Å². The Labute approximate surface area is 153 Å². The van der Waals surface area contributed by atoms with Crippen molar-refractivity contribution in [3.8, 4) is 5.75 Å². The molecule has 0 unspecified atom stereocenters. The zero-order chi connectivity index (χ0) is 17.5. The van der Waals surface area contributed by atoms with E-state index in [-0.39, 0.29) is 17.4 Å². The molecule has 3 aliphatic carbocycles. The van der Waals surface area contributed by atoms with Crippen LogP contribution in [0.25, 0.3) is 0 Å². The number of piperidine rings is 1. The summed E-state index contributed by atoms with van der Waals surface area (Å²) < 4.78 is 6.27.